The first kappa shape index (κ1) is 18.7. The number of rotatable bonds is 9. The second-order valence-electron chi connectivity index (χ2n) is 6.23. The van der Waals surface area contributed by atoms with Gasteiger partial charge in [0, 0.05) is 19.1 Å². The van der Waals surface area contributed by atoms with Gasteiger partial charge >= 0.3 is 12.0 Å². The smallest absolute Gasteiger partial charge is 0.317 e. The normalized spacial score (nSPS) is 12.6. The molecule has 0 aromatic carbocycles. The lowest BCUT2D eigenvalue weighted by Gasteiger charge is -2.28. The third-order valence-corrected chi connectivity index (χ3v) is 2.84. The van der Waals surface area contributed by atoms with Crippen molar-refractivity contribution < 1.29 is 14.7 Å². The molecule has 0 aromatic rings. The summed E-state index contributed by atoms with van der Waals surface area (Å²) < 4.78 is 0. The third-order valence-electron chi connectivity index (χ3n) is 2.84. The van der Waals surface area contributed by atoms with Crippen LogP contribution in [-0.2, 0) is 4.79 Å². The fraction of sp³-hybridized carbons (Fsp3) is 0.867. The second kappa shape index (κ2) is 9.61. The van der Waals surface area contributed by atoms with Crippen LogP contribution in [0.5, 0.6) is 0 Å². The minimum Gasteiger partial charge on any atom is -0.481 e. The zero-order valence-corrected chi connectivity index (χ0v) is 13.5. The van der Waals surface area contributed by atoms with Crippen LogP contribution >= 0.6 is 0 Å². The van der Waals surface area contributed by atoms with Gasteiger partial charge in [-0.1, -0.05) is 41.0 Å². The number of nitrogens with one attached hydrogen (secondary N) is 1. The summed E-state index contributed by atoms with van der Waals surface area (Å²) in [6, 6.07) is -0.432. The Labute approximate surface area is 122 Å². The molecule has 0 saturated carbocycles. The Morgan fingerprint density at radius 1 is 1.10 bits per heavy atom. The quantitative estimate of drug-likeness (QED) is 0.684. The van der Waals surface area contributed by atoms with E-state index in [1.54, 1.807) is 4.90 Å². The number of hydrogen-bond donors (Lipinski definition) is 2. The first-order chi connectivity index (χ1) is 9.26. The van der Waals surface area contributed by atoms with Crippen molar-refractivity contribution in [3.8, 4) is 0 Å². The molecule has 5 heteroatoms. The highest BCUT2D eigenvalue weighted by atomic mass is 16.4. The van der Waals surface area contributed by atoms with Crippen LogP contribution in [0.15, 0.2) is 0 Å². The first-order valence-corrected chi connectivity index (χ1v) is 7.53. The standard InChI is InChI=1S/C15H30N2O3/c1-6-7-13(8-14(18)19)16-15(20)17(9-11(2)3)10-12(4)5/h11-13H,6-10H2,1-5H3,(H,16,20)(H,18,19). The van der Waals surface area contributed by atoms with Crippen LogP contribution < -0.4 is 5.32 Å². The van der Waals surface area contributed by atoms with Crippen molar-refractivity contribution in [2.45, 2.75) is 59.9 Å². The number of hydrogen-bond acceptors (Lipinski definition) is 2. The summed E-state index contributed by atoms with van der Waals surface area (Å²) >= 11 is 0. The number of carboxylic acids is 1. The molecule has 1 unspecified atom stereocenters. The minimum absolute atomic E-state index is 0.0171. The molecule has 0 heterocycles. The van der Waals surface area contributed by atoms with Crippen molar-refractivity contribution >= 4 is 12.0 Å². The molecule has 118 valence electrons. The Morgan fingerprint density at radius 2 is 1.60 bits per heavy atom. The maximum atomic E-state index is 12.3. The minimum atomic E-state index is -0.872. The van der Waals surface area contributed by atoms with E-state index in [1.165, 1.54) is 0 Å². The topological polar surface area (TPSA) is 69.6 Å². The summed E-state index contributed by atoms with van der Waals surface area (Å²) in [4.78, 5) is 24.9. The van der Waals surface area contributed by atoms with E-state index in [9.17, 15) is 9.59 Å². The average Bonchev–Trinajstić information content (AvgIpc) is 2.26. The zero-order chi connectivity index (χ0) is 15.7. The summed E-state index contributed by atoms with van der Waals surface area (Å²) in [5.74, 6) is -0.0878. The molecule has 0 aliphatic carbocycles. The molecule has 0 saturated heterocycles. The molecule has 0 aliphatic heterocycles. The van der Waals surface area contributed by atoms with Crippen molar-refractivity contribution in [3.05, 3.63) is 0 Å². The number of amides is 2. The number of carboxylic acid groups (broad SMARTS) is 1. The monoisotopic (exact) mass is 286 g/mol. The number of aliphatic carboxylic acids is 1. The molecular weight excluding hydrogens is 256 g/mol. The Balaban J connectivity index is 4.63. The fourth-order valence-electron chi connectivity index (χ4n) is 2.17. The molecule has 0 rings (SSSR count). The van der Waals surface area contributed by atoms with E-state index >= 15 is 0 Å². The van der Waals surface area contributed by atoms with Crippen LogP contribution in [0.3, 0.4) is 0 Å². The third kappa shape index (κ3) is 8.77. The van der Waals surface area contributed by atoms with Crippen molar-refractivity contribution in [1.29, 1.82) is 0 Å². The molecule has 5 nitrogen and oxygen atoms in total. The highest BCUT2D eigenvalue weighted by Crippen LogP contribution is 2.07. The molecule has 0 spiro atoms. The van der Waals surface area contributed by atoms with Crippen LogP contribution in [0.1, 0.15) is 53.9 Å². The highest BCUT2D eigenvalue weighted by Gasteiger charge is 2.20. The van der Waals surface area contributed by atoms with Crippen molar-refractivity contribution in [1.82, 2.24) is 10.2 Å². The average molecular weight is 286 g/mol. The number of nitrogens with zero attached hydrogens (tertiary/aromatic N) is 1. The molecule has 2 amide bonds. The van der Waals surface area contributed by atoms with E-state index in [1.807, 2.05) is 6.92 Å². The fourth-order valence-corrected chi connectivity index (χ4v) is 2.17. The second-order valence-corrected chi connectivity index (χ2v) is 6.23. The predicted molar refractivity (Wildman–Crippen MR) is 80.7 cm³/mol. The maximum Gasteiger partial charge on any atom is 0.317 e. The number of carbonyl (C=O) groups excluding carboxylic acids is 1. The molecular formula is C15H30N2O3. The van der Waals surface area contributed by atoms with Gasteiger partial charge < -0.3 is 15.3 Å². The lowest BCUT2D eigenvalue weighted by atomic mass is 10.1. The number of carbonyl (C=O) groups is 2. The molecule has 2 N–H and O–H groups in total. The predicted octanol–water partition coefficient (Wildman–Crippen LogP) is 2.95. The molecule has 0 bridgehead atoms. The highest BCUT2D eigenvalue weighted by molar-refractivity contribution is 5.76. The lowest BCUT2D eigenvalue weighted by Crippen LogP contribution is -2.47. The largest absolute Gasteiger partial charge is 0.481 e. The van der Waals surface area contributed by atoms with Crippen molar-refractivity contribution in [2.75, 3.05) is 13.1 Å². The van der Waals surface area contributed by atoms with E-state index in [0.29, 0.717) is 31.3 Å². The van der Waals surface area contributed by atoms with Crippen LogP contribution in [0, 0.1) is 11.8 Å². The SMILES string of the molecule is CCCC(CC(=O)O)NC(=O)N(CC(C)C)CC(C)C. The van der Waals surface area contributed by atoms with E-state index in [0.717, 1.165) is 6.42 Å². The summed E-state index contributed by atoms with van der Waals surface area (Å²) in [5, 5.41) is 11.8. The van der Waals surface area contributed by atoms with Crippen LogP contribution in [0.2, 0.25) is 0 Å². The summed E-state index contributed by atoms with van der Waals surface area (Å²) in [6.07, 6.45) is 1.53. The van der Waals surface area contributed by atoms with E-state index in [-0.39, 0.29) is 18.5 Å². The zero-order valence-electron chi connectivity index (χ0n) is 13.5. The van der Waals surface area contributed by atoms with Crippen LogP contribution in [-0.4, -0.2) is 41.1 Å². The van der Waals surface area contributed by atoms with E-state index in [2.05, 4.69) is 33.0 Å². The molecule has 0 fully saturated rings. The number of urea groups is 1. The van der Waals surface area contributed by atoms with Gasteiger partial charge in [-0.15, -0.1) is 0 Å². The van der Waals surface area contributed by atoms with Gasteiger partial charge in [0.05, 0.1) is 6.42 Å². The Morgan fingerprint density at radius 3 is 1.95 bits per heavy atom. The Kier molecular flexibility index (Phi) is 9.01. The van der Waals surface area contributed by atoms with Gasteiger partial charge in [0.1, 0.15) is 0 Å². The van der Waals surface area contributed by atoms with Crippen LogP contribution in [0.4, 0.5) is 4.79 Å². The van der Waals surface area contributed by atoms with Gasteiger partial charge in [-0.3, -0.25) is 4.79 Å². The van der Waals surface area contributed by atoms with Gasteiger partial charge in [-0.25, -0.2) is 4.79 Å². The molecule has 0 radical (unpaired) electrons. The van der Waals surface area contributed by atoms with Gasteiger partial charge in [0.2, 0.25) is 0 Å². The van der Waals surface area contributed by atoms with Crippen LogP contribution in [0.25, 0.3) is 0 Å². The Hall–Kier alpha value is -1.26. The Bertz CT molecular complexity index is 293. The van der Waals surface area contributed by atoms with Gasteiger partial charge in [-0.2, -0.15) is 0 Å². The molecule has 1 atom stereocenters. The van der Waals surface area contributed by atoms with Gasteiger partial charge in [-0.05, 0) is 18.3 Å². The van der Waals surface area contributed by atoms with Gasteiger partial charge in [0.15, 0.2) is 0 Å². The summed E-state index contributed by atoms with van der Waals surface area (Å²) in [5.41, 5.74) is 0. The van der Waals surface area contributed by atoms with E-state index < -0.39 is 5.97 Å². The maximum absolute atomic E-state index is 12.3. The lowest BCUT2D eigenvalue weighted by molar-refractivity contribution is -0.137. The van der Waals surface area contributed by atoms with E-state index in [4.69, 9.17) is 5.11 Å². The molecule has 0 aromatic heterocycles. The van der Waals surface area contributed by atoms with Crippen molar-refractivity contribution in [3.63, 3.8) is 0 Å². The summed E-state index contributed by atoms with van der Waals surface area (Å²) in [7, 11) is 0. The van der Waals surface area contributed by atoms with Crippen molar-refractivity contribution in [2.24, 2.45) is 11.8 Å². The summed E-state index contributed by atoms with van der Waals surface area (Å²) in [6.45, 7) is 11.7. The van der Waals surface area contributed by atoms with Gasteiger partial charge in [0.25, 0.3) is 0 Å². The first-order valence-electron chi connectivity index (χ1n) is 7.53. The molecule has 0 aliphatic rings. The molecule has 20 heavy (non-hydrogen) atoms.